The number of hydrogen-bond donors (Lipinski definition) is 0. The van der Waals surface area contributed by atoms with E-state index in [1.807, 2.05) is 0 Å². The van der Waals surface area contributed by atoms with E-state index in [4.69, 9.17) is 0 Å². The maximum atomic E-state index is 13.5. The first kappa shape index (κ1) is 14.7. The van der Waals surface area contributed by atoms with E-state index >= 15 is 0 Å². The van der Waals surface area contributed by atoms with Crippen molar-refractivity contribution in [3.63, 3.8) is 0 Å². The number of ketones is 1. The van der Waals surface area contributed by atoms with Crippen LogP contribution in [0.25, 0.3) is 0 Å². The Hall–Kier alpha value is -1.75. The summed E-state index contributed by atoms with van der Waals surface area (Å²) < 4.78 is 13.5. The van der Waals surface area contributed by atoms with E-state index in [0.29, 0.717) is 38.0 Å². The van der Waals surface area contributed by atoms with E-state index < -0.39 is 0 Å². The second-order valence-corrected chi connectivity index (χ2v) is 5.18. The second kappa shape index (κ2) is 6.61. The highest BCUT2D eigenvalue weighted by atomic mass is 19.1. The molecule has 0 saturated carbocycles. The summed E-state index contributed by atoms with van der Waals surface area (Å²) in [7, 11) is 1.79. The lowest BCUT2D eigenvalue weighted by Crippen LogP contribution is -2.43. The molecule has 0 bridgehead atoms. The largest absolute Gasteiger partial charge is 0.341 e. The number of likely N-dealkylation sites (N-methyl/N-ethyl adjacent to an activating group) is 1. The molecular weight excluding hydrogens is 259 g/mol. The van der Waals surface area contributed by atoms with Gasteiger partial charge in [0.25, 0.3) is 0 Å². The van der Waals surface area contributed by atoms with Crippen molar-refractivity contribution in [2.24, 2.45) is 0 Å². The Labute approximate surface area is 118 Å². The predicted octanol–water partition coefficient (Wildman–Crippen LogP) is 1.45. The van der Waals surface area contributed by atoms with Crippen LogP contribution in [-0.2, 0) is 16.1 Å². The Morgan fingerprint density at radius 2 is 1.95 bits per heavy atom. The molecular formula is C15H19FN2O2. The zero-order valence-electron chi connectivity index (χ0n) is 11.6. The van der Waals surface area contributed by atoms with Crippen molar-refractivity contribution in [2.75, 3.05) is 26.7 Å². The molecule has 1 fully saturated rings. The number of rotatable bonds is 4. The minimum atomic E-state index is -0.254. The van der Waals surface area contributed by atoms with E-state index in [2.05, 4.69) is 0 Å². The highest BCUT2D eigenvalue weighted by Crippen LogP contribution is 2.10. The summed E-state index contributed by atoms with van der Waals surface area (Å²) in [6.07, 6.45) is 0.894. The van der Waals surface area contributed by atoms with Crippen LogP contribution in [0.4, 0.5) is 4.39 Å². The molecule has 20 heavy (non-hydrogen) atoms. The number of carbonyl (C=O) groups is 2. The molecule has 0 radical (unpaired) electrons. The van der Waals surface area contributed by atoms with Crippen LogP contribution in [0.1, 0.15) is 18.4 Å². The molecule has 1 amide bonds. The van der Waals surface area contributed by atoms with Crippen molar-refractivity contribution in [1.29, 1.82) is 0 Å². The first-order valence-corrected chi connectivity index (χ1v) is 6.77. The fourth-order valence-electron chi connectivity index (χ4n) is 2.31. The monoisotopic (exact) mass is 278 g/mol. The molecule has 1 saturated heterocycles. The maximum Gasteiger partial charge on any atom is 0.236 e. The van der Waals surface area contributed by atoms with Gasteiger partial charge in [0.05, 0.1) is 6.54 Å². The van der Waals surface area contributed by atoms with Gasteiger partial charge in [0, 0.05) is 38.0 Å². The fraction of sp³-hybridized carbons (Fsp3) is 0.467. The molecule has 1 aromatic carbocycles. The van der Waals surface area contributed by atoms with Gasteiger partial charge in [0.15, 0.2) is 0 Å². The number of piperidine rings is 1. The molecule has 0 N–H and O–H groups in total. The van der Waals surface area contributed by atoms with Crippen molar-refractivity contribution in [1.82, 2.24) is 9.80 Å². The lowest BCUT2D eigenvalue weighted by atomic mass is 10.1. The van der Waals surface area contributed by atoms with Crippen molar-refractivity contribution in [3.05, 3.63) is 35.6 Å². The molecule has 0 aliphatic carbocycles. The van der Waals surface area contributed by atoms with Gasteiger partial charge in [-0.15, -0.1) is 0 Å². The van der Waals surface area contributed by atoms with Gasteiger partial charge in [-0.2, -0.15) is 0 Å². The number of amides is 1. The summed E-state index contributed by atoms with van der Waals surface area (Å²) in [5.74, 6) is -0.0412. The van der Waals surface area contributed by atoms with Gasteiger partial charge in [-0.25, -0.2) is 4.39 Å². The summed E-state index contributed by atoms with van der Waals surface area (Å²) in [5, 5.41) is 0. The number of nitrogens with zero attached hydrogens (tertiary/aromatic N) is 2. The Balaban J connectivity index is 1.85. The molecule has 1 aliphatic heterocycles. The summed E-state index contributed by atoms with van der Waals surface area (Å²) in [4.78, 5) is 26.7. The van der Waals surface area contributed by atoms with Crippen LogP contribution >= 0.6 is 0 Å². The van der Waals surface area contributed by atoms with Crippen LogP contribution in [0.15, 0.2) is 24.3 Å². The summed E-state index contributed by atoms with van der Waals surface area (Å²) in [5.41, 5.74) is 0.580. The lowest BCUT2D eigenvalue weighted by Gasteiger charge is -2.28. The van der Waals surface area contributed by atoms with E-state index in [0.717, 1.165) is 0 Å². The minimum absolute atomic E-state index is 0.00339. The highest BCUT2D eigenvalue weighted by molar-refractivity contribution is 5.84. The SMILES string of the molecule is CN(CC(=O)N1CCC(=O)CC1)Cc1ccccc1F. The predicted molar refractivity (Wildman–Crippen MR) is 73.6 cm³/mol. The van der Waals surface area contributed by atoms with E-state index in [9.17, 15) is 14.0 Å². The summed E-state index contributed by atoms with van der Waals surface area (Å²) in [6, 6.07) is 6.57. The van der Waals surface area contributed by atoms with Crippen molar-refractivity contribution < 1.29 is 14.0 Å². The first-order valence-electron chi connectivity index (χ1n) is 6.77. The van der Waals surface area contributed by atoms with E-state index in [1.54, 1.807) is 35.0 Å². The smallest absolute Gasteiger partial charge is 0.236 e. The third-order valence-electron chi connectivity index (χ3n) is 3.48. The van der Waals surface area contributed by atoms with Gasteiger partial charge in [-0.05, 0) is 13.1 Å². The van der Waals surface area contributed by atoms with E-state index in [1.165, 1.54) is 6.07 Å². The minimum Gasteiger partial charge on any atom is -0.341 e. The van der Waals surface area contributed by atoms with Crippen LogP contribution in [-0.4, -0.2) is 48.2 Å². The standard InChI is InChI=1S/C15H19FN2O2/c1-17(10-12-4-2-3-5-14(12)16)11-15(20)18-8-6-13(19)7-9-18/h2-5H,6-11H2,1H3. The van der Waals surface area contributed by atoms with Crippen LogP contribution in [0, 0.1) is 5.82 Å². The second-order valence-electron chi connectivity index (χ2n) is 5.18. The zero-order valence-corrected chi connectivity index (χ0v) is 11.6. The van der Waals surface area contributed by atoms with Gasteiger partial charge < -0.3 is 4.90 Å². The molecule has 0 spiro atoms. The molecule has 5 heteroatoms. The average molecular weight is 278 g/mol. The summed E-state index contributed by atoms with van der Waals surface area (Å²) in [6.45, 7) is 1.64. The molecule has 1 aliphatic rings. The normalized spacial score (nSPS) is 15.8. The molecule has 0 unspecified atom stereocenters. The molecule has 1 heterocycles. The number of hydrogen-bond acceptors (Lipinski definition) is 3. The quantitative estimate of drug-likeness (QED) is 0.837. The number of likely N-dealkylation sites (tertiary alicyclic amines) is 1. The lowest BCUT2D eigenvalue weighted by molar-refractivity contribution is -0.135. The molecule has 1 aromatic rings. The Morgan fingerprint density at radius 1 is 1.30 bits per heavy atom. The third-order valence-corrected chi connectivity index (χ3v) is 3.48. The number of Topliss-reactive ketones (excluding diaryl/α,β-unsaturated/α-hetero) is 1. The van der Waals surface area contributed by atoms with Gasteiger partial charge in [0.1, 0.15) is 11.6 Å². The molecule has 4 nitrogen and oxygen atoms in total. The molecule has 0 atom stereocenters. The van der Waals surface area contributed by atoms with Gasteiger partial charge in [-0.3, -0.25) is 14.5 Å². The first-order chi connectivity index (χ1) is 9.56. The van der Waals surface area contributed by atoms with Crippen LogP contribution in [0.3, 0.4) is 0 Å². The molecule has 108 valence electrons. The maximum absolute atomic E-state index is 13.5. The van der Waals surface area contributed by atoms with Crippen molar-refractivity contribution in [2.45, 2.75) is 19.4 Å². The highest BCUT2D eigenvalue weighted by Gasteiger charge is 2.21. The zero-order chi connectivity index (χ0) is 14.5. The van der Waals surface area contributed by atoms with E-state index in [-0.39, 0.29) is 24.1 Å². The van der Waals surface area contributed by atoms with Crippen LogP contribution < -0.4 is 0 Å². The van der Waals surface area contributed by atoms with Gasteiger partial charge in [0.2, 0.25) is 5.91 Å². The topological polar surface area (TPSA) is 40.6 Å². The number of benzene rings is 1. The van der Waals surface area contributed by atoms with Gasteiger partial charge in [-0.1, -0.05) is 18.2 Å². The number of halogens is 1. The summed E-state index contributed by atoms with van der Waals surface area (Å²) >= 11 is 0. The fourth-order valence-corrected chi connectivity index (χ4v) is 2.31. The van der Waals surface area contributed by atoms with Crippen LogP contribution in [0.2, 0.25) is 0 Å². The van der Waals surface area contributed by atoms with Gasteiger partial charge >= 0.3 is 0 Å². The average Bonchev–Trinajstić information content (AvgIpc) is 2.42. The van der Waals surface area contributed by atoms with Crippen molar-refractivity contribution >= 4 is 11.7 Å². The van der Waals surface area contributed by atoms with Crippen molar-refractivity contribution in [3.8, 4) is 0 Å². The molecule has 2 rings (SSSR count). The Morgan fingerprint density at radius 3 is 2.60 bits per heavy atom. The Bertz CT molecular complexity index is 494. The number of carbonyl (C=O) groups excluding carboxylic acids is 2. The molecule has 0 aromatic heterocycles. The third kappa shape index (κ3) is 3.87. The Kier molecular flexibility index (Phi) is 4.84. The van der Waals surface area contributed by atoms with Crippen LogP contribution in [0.5, 0.6) is 0 Å².